The van der Waals surface area contributed by atoms with Crippen LogP contribution >= 0.6 is 0 Å². The Morgan fingerprint density at radius 1 is 1.05 bits per heavy atom. The molecule has 0 unspecified atom stereocenters. The molecule has 2 aromatic rings. The van der Waals surface area contributed by atoms with Gasteiger partial charge in [-0.3, -0.25) is 0 Å². The second-order valence-electron chi connectivity index (χ2n) is 5.39. The summed E-state index contributed by atoms with van der Waals surface area (Å²) in [5.74, 6) is -0.450. The maximum Gasteiger partial charge on any atom is 0.240 e. The molecule has 22 heavy (non-hydrogen) atoms. The summed E-state index contributed by atoms with van der Waals surface area (Å²) in [5.41, 5.74) is 3.67. The molecule has 0 radical (unpaired) electrons. The van der Waals surface area contributed by atoms with Crippen LogP contribution in [0.2, 0.25) is 0 Å². The van der Waals surface area contributed by atoms with Crippen molar-refractivity contribution in [1.82, 2.24) is 4.72 Å². The Kier molecular flexibility index (Phi) is 5.32. The molecule has 0 aliphatic heterocycles. The summed E-state index contributed by atoms with van der Waals surface area (Å²) in [6.07, 6.45) is 1.53. The van der Waals surface area contributed by atoms with E-state index in [1.165, 1.54) is 28.8 Å². The third-order valence-corrected chi connectivity index (χ3v) is 5.01. The quantitative estimate of drug-likeness (QED) is 0.829. The van der Waals surface area contributed by atoms with E-state index in [1.54, 1.807) is 0 Å². The zero-order valence-electron chi connectivity index (χ0n) is 12.8. The molecular formula is C17H20FNO2S. The van der Waals surface area contributed by atoms with E-state index in [4.69, 9.17) is 0 Å². The van der Waals surface area contributed by atoms with Crippen LogP contribution in [0, 0.1) is 19.7 Å². The van der Waals surface area contributed by atoms with Gasteiger partial charge < -0.3 is 0 Å². The maximum absolute atomic E-state index is 12.8. The largest absolute Gasteiger partial charge is 0.240 e. The summed E-state index contributed by atoms with van der Waals surface area (Å²) < 4.78 is 39.4. The van der Waals surface area contributed by atoms with Gasteiger partial charge in [0, 0.05) is 6.54 Å². The minimum atomic E-state index is -3.56. The summed E-state index contributed by atoms with van der Waals surface area (Å²) in [5, 5.41) is 0. The van der Waals surface area contributed by atoms with Crippen LogP contribution in [0.15, 0.2) is 47.4 Å². The summed E-state index contributed by atoms with van der Waals surface area (Å²) in [4.78, 5) is 0.0837. The lowest BCUT2D eigenvalue weighted by atomic mass is 10.0. The van der Waals surface area contributed by atoms with E-state index in [1.807, 2.05) is 6.92 Å². The first-order valence-electron chi connectivity index (χ1n) is 7.20. The van der Waals surface area contributed by atoms with Crippen molar-refractivity contribution in [2.45, 2.75) is 31.6 Å². The van der Waals surface area contributed by atoms with Crippen LogP contribution in [0.25, 0.3) is 0 Å². The molecule has 0 saturated heterocycles. The number of rotatable bonds is 6. The van der Waals surface area contributed by atoms with Gasteiger partial charge in [-0.1, -0.05) is 23.8 Å². The van der Waals surface area contributed by atoms with Crippen LogP contribution in [0.1, 0.15) is 23.1 Å². The Hall–Kier alpha value is -1.72. The van der Waals surface area contributed by atoms with Crippen molar-refractivity contribution in [3.8, 4) is 0 Å². The average Bonchev–Trinajstić information content (AvgIpc) is 2.46. The smallest absolute Gasteiger partial charge is 0.211 e. The van der Waals surface area contributed by atoms with E-state index in [0.717, 1.165) is 18.6 Å². The van der Waals surface area contributed by atoms with Crippen molar-refractivity contribution in [3.05, 3.63) is 65.0 Å². The highest BCUT2D eigenvalue weighted by Crippen LogP contribution is 2.13. The van der Waals surface area contributed by atoms with Crippen molar-refractivity contribution in [2.75, 3.05) is 6.54 Å². The van der Waals surface area contributed by atoms with E-state index < -0.39 is 15.8 Å². The zero-order valence-corrected chi connectivity index (χ0v) is 13.6. The van der Waals surface area contributed by atoms with Gasteiger partial charge in [0.15, 0.2) is 0 Å². The van der Waals surface area contributed by atoms with Gasteiger partial charge in [0.2, 0.25) is 10.0 Å². The van der Waals surface area contributed by atoms with E-state index in [9.17, 15) is 12.8 Å². The lowest BCUT2D eigenvalue weighted by molar-refractivity contribution is 0.578. The monoisotopic (exact) mass is 321 g/mol. The zero-order chi connectivity index (χ0) is 16.2. The van der Waals surface area contributed by atoms with Gasteiger partial charge in [-0.05, 0) is 62.1 Å². The number of nitrogens with one attached hydrogen (secondary N) is 1. The second-order valence-corrected chi connectivity index (χ2v) is 7.15. The highest BCUT2D eigenvalue weighted by atomic mass is 32.2. The van der Waals surface area contributed by atoms with Gasteiger partial charge in [-0.15, -0.1) is 0 Å². The normalized spacial score (nSPS) is 11.6. The molecular weight excluding hydrogens is 301 g/mol. The third kappa shape index (κ3) is 4.39. The number of halogens is 1. The fourth-order valence-electron chi connectivity index (χ4n) is 2.31. The summed E-state index contributed by atoms with van der Waals surface area (Å²) in [7, 11) is -3.56. The summed E-state index contributed by atoms with van der Waals surface area (Å²) in [6.45, 7) is 4.46. The first kappa shape index (κ1) is 16.6. The number of sulfonamides is 1. The van der Waals surface area contributed by atoms with Gasteiger partial charge in [0.25, 0.3) is 0 Å². The van der Waals surface area contributed by atoms with Crippen molar-refractivity contribution >= 4 is 10.0 Å². The van der Waals surface area contributed by atoms with Crippen LogP contribution in [0.3, 0.4) is 0 Å². The molecule has 0 aliphatic rings. The molecule has 0 fully saturated rings. The van der Waals surface area contributed by atoms with Crippen LogP contribution in [-0.4, -0.2) is 15.0 Å². The molecule has 1 N–H and O–H groups in total. The highest BCUT2D eigenvalue weighted by molar-refractivity contribution is 7.89. The van der Waals surface area contributed by atoms with Crippen LogP contribution < -0.4 is 4.72 Å². The van der Waals surface area contributed by atoms with Crippen LogP contribution in [0.5, 0.6) is 0 Å². The lowest BCUT2D eigenvalue weighted by Crippen LogP contribution is -2.25. The summed E-state index contributed by atoms with van der Waals surface area (Å²) in [6, 6.07) is 11.1. The number of aryl methyl sites for hydroxylation is 3. The number of benzene rings is 2. The molecule has 0 atom stereocenters. The molecule has 118 valence electrons. The molecule has 0 amide bonds. The van der Waals surface area contributed by atoms with Gasteiger partial charge in [-0.2, -0.15) is 0 Å². The van der Waals surface area contributed by atoms with Gasteiger partial charge in [0.1, 0.15) is 5.82 Å². The minimum Gasteiger partial charge on any atom is -0.211 e. The molecule has 0 aliphatic carbocycles. The van der Waals surface area contributed by atoms with Crippen molar-refractivity contribution < 1.29 is 12.8 Å². The fourth-order valence-corrected chi connectivity index (χ4v) is 3.38. The average molecular weight is 321 g/mol. The highest BCUT2D eigenvalue weighted by Gasteiger charge is 2.13. The molecule has 0 bridgehead atoms. The topological polar surface area (TPSA) is 46.2 Å². The second kappa shape index (κ2) is 7.03. The fraction of sp³-hybridized carbons (Fsp3) is 0.294. The van der Waals surface area contributed by atoms with E-state index >= 15 is 0 Å². The Morgan fingerprint density at radius 3 is 2.36 bits per heavy atom. The van der Waals surface area contributed by atoms with Gasteiger partial charge in [0.05, 0.1) is 4.90 Å². The standard InChI is InChI=1S/C17H20FNO2S/c1-13-5-6-15(14(2)12-13)4-3-11-19-22(20,21)17-9-7-16(18)8-10-17/h5-10,12,19H,3-4,11H2,1-2H3. The first-order chi connectivity index (χ1) is 10.4. The van der Waals surface area contributed by atoms with Crippen molar-refractivity contribution in [1.29, 1.82) is 0 Å². The lowest BCUT2D eigenvalue weighted by Gasteiger charge is -2.09. The van der Waals surface area contributed by atoms with E-state index in [-0.39, 0.29) is 4.90 Å². The SMILES string of the molecule is Cc1ccc(CCCNS(=O)(=O)c2ccc(F)cc2)c(C)c1. The molecule has 2 aromatic carbocycles. The number of hydrogen-bond donors (Lipinski definition) is 1. The predicted octanol–water partition coefficient (Wildman–Crippen LogP) is 3.35. The van der Waals surface area contributed by atoms with Crippen LogP contribution in [-0.2, 0) is 16.4 Å². The van der Waals surface area contributed by atoms with Crippen molar-refractivity contribution in [3.63, 3.8) is 0 Å². The van der Waals surface area contributed by atoms with Crippen molar-refractivity contribution in [2.24, 2.45) is 0 Å². The Labute approximate surface area is 131 Å². The Morgan fingerprint density at radius 2 is 1.73 bits per heavy atom. The molecule has 0 aromatic heterocycles. The summed E-state index contributed by atoms with van der Waals surface area (Å²) >= 11 is 0. The van der Waals surface area contributed by atoms with E-state index in [2.05, 4.69) is 29.8 Å². The Bertz CT molecular complexity index is 740. The maximum atomic E-state index is 12.8. The van der Waals surface area contributed by atoms with Crippen LogP contribution in [0.4, 0.5) is 4.39 Å². The first-order valence-corrected chi connectivity index (χ1v) is 8.68. The number of hydrogen-bond acceptors (Lipinski definition) is 2. The Balaban J connectivity index is 1.89. The van der Waals surface area contributed by atoms with E-state index in [0.29, 0.717) is 13.0 Å². The molecule has 5 heteroatoms. The van der Waals surface area contributed by atoms with Gasteiger partial charge in [-0.25, -0.2) is 17.5 Å². The molecule has 2 rings (SSSR count). The predicted molar refractivity (Wildman–Crippen MR) is 85.8 cm³/mol. The van der Waals surface area contributed by atoms with Gasteiger partial charge >= 0.3 is 0 Å². The minimum absolute atomic E-state index is 0.0837. The molecule has 0 spiro atoms. The third-order valence-electron chi connectivity index (χ3n) is 3.54. The molecule has 0 saturated carbocycles. The molecule has 0 heterocycles. The molecule has 3 nitrogen and oxygen atoms in total.